The molecule has 7 heteroatoms. The predicted octanol–water partition coefficient (Wildman–Crippen LogP) is 3.91. The molecular formula is C14H13Cl2FN4. The number of nitrogens with zero attached hydrogens (tertiary/aromatic N) is 4. The molecular weight excluding hydrogens is 314 g/mol. The number of hydrogen-bond donors (Lipinski definition) is 0. The van der Waals surface area contributed by atoms with Crippen molar-refractivity contribution < 1.29 is 4.39 Å². The van der Waals surface area contributed by atoms with E-state index in [9.17, 15) is 4.39 Å². The third-order valence-corrected chi connectivity index (χ3v) is 3.90. The van der Waals surface area contributed by atoms with Crippen molar-refractivity contribution in [2.75, 3.05) is 0 Å². The van der Waals surface area contributed by atoms with E-state index in [0.717, 1.165) is 5.69 Å². The number of imidazole rings is 1. The fourth-order valence-corrected chi connectivity index (χ4v) is 2.65. The number of rotatable bonds is 3. The van der Waals surface area contributed by atoms with Crippen LogP contribution in [-0.2, 0) is 13.6 Å². The molecule has 1 aromatic carbocycles. The van der Waals surface area contributed by atoms with Crippen LogP contribution in [0.5, 0.6) is 0 Å². The molecule has 0 radical (unpaired) electrons. The number of hydrogen-bond acceptors (Lipinski definition) is 2. The van der Waals surface area contributed by atoms with Gasteiger partial charge in [0, 0.05) is 19.3 Å². The molecule has 0 saturated heterocycles. The molecule has 0 aliphatic rings. The molecule has 4 nitrogen and oxygen atoms in total. The zero-order valence-corrected chi connectivity index (χ0v) is 13.0. The van der Waals surface area contributed by atoms with Crippen LogP contribution in [0, 0.1) is 5.82 Å². The third-order valence-electron chi connectivity index (χ3n) is 3.42. The summed E-state index contributed by atoms with van der Waals surface area (Å²) in [5.41, 5.74) is 2.27. The third kappa shape index (κ3) is 2.51. The van der Waals surface area contributed by atoms with Gasteiger partial charge in [-0.1, -0.05) is 11.6 Å². The minimum Gasteiger partial charge on any atom is -0.321 e. The molecule has 2 heterocycles. The Kier molecular flexibility index (Phi) is 3.63. The largest absolute Gasteiger partial charge is 0.321 e. The monoisotopic (exact) mass is 326 g/mol. The van der Waals surface area contributed by atoms with Gasteiger partial charge in [-0.15, -0.1) is 11.6 Å². The summed E-state index contributed by atoms with van der Waals surface area (Å²) in [6, 6.07) is 4.82. The average molecular weight is 327 g/mol. The topological polar surface area (TPSA) is 35.6 Å². The van der Waals surface area contributed by atoms with Gasteiger partial charge in [-0.3, -0.25) is 4.68 Å². The van der Waals surface area contributed by atoms with Crippen LogP contribution >= 0.6 is 23.2 Å². The van der Waals surface area contributed by atoms with E-state index >= 15 is 0 Å². The number of aryl methyl sites for hydroxylation is 1. The van der Waals surface area contributed by atoms with Crippen LogP contribution in [0.1, 0.15) is 23.8 Å². The first-order chi connectivity index (χ1) is 9.97. The standard InChI is InChI=1S/C14H13Cl2FN4/c1-8(15)14-19-12-5-10(16)11(17)6-13(12)21(14)7-9-3-4-18-20(9)2/h3-6,8H,7H2,1-2H3. The van der Waals surface area contributed by atoms with E-state index in [-0.39, 0.29) is 10.4 Å². The fraction of sp³-hybridized carbons (Fsp3) is 0.286. The first-order valence-electron chi connectivity index (χ1n) is 6.43. The normalized spacial score (nSPS) is 13.0. The quantitative estimate of drug-likeness (QED) is 0.684. The van der Waals surface area contributed by atoms with E-state index in [4.69, 9.17) is 23.2 Å². The average Bonchev–Trinajstić information content (AvgIpc) is 2.97. The molecule has 2 aromatic heterocycles. The summed E-state index contributed by atoms with van der Waals surface area (Å²) < 4.78 is 17.4. The lowest BCUT2D eigenvalue weighted by Crippen LogP contribution is -2.09. The van der Waals surface area contributed by atoms with Crippen LogP contribution < -0.4 is 0 Å². The van der Waals surface area contributed by atoms with Gasteiger partial charge in [0.25, 0.3) is 0 Å². The summed E-state index contributed by atoms with van der Waals surface area (Å²) in [5, 5.41) is 3.90. The molecule has 1 unspecified atom stereocenters. The Morgan fingerprint density at radius 1 is 1.38 bits per heavy atom. The number of benzene rings is 1. The maximum Gasteiger partial charge on any atom is 0.144 e. The van der Waals surface area contributed by atoms with Crippen LogP contribution in [0.3, 0.4) is 0 Å². The molecule has 3 rings (SSSR count). The Morgan fingerprint density at radius 3 is 2.76 bits per heavy atom. The van der Waals surface area contributed by atoms with Gasteiger partial charge in [0.15, 0.2) is 0 Å². The second-order valence-electron chi connectivity index (χ2n) is 4.87. The highest BCUT2D eigenvalue weighted by Gasteiger charge is 2.18. The molecule has 0 saturated carbocycles. The van der Waals surface area contributed by atoms with Crippen molar-refractivity contribution in [2.24, 2.45) is 7.05 Å². The summed E-state index contributed by atoms with van der Waals surface area (Å²) in [4.78, 5) is 4.47. The fourth-order valence-electron chi connectivity index (χ4n) is 2.33. The highest BCUT2D eigenvalue weighted by Crippen LogP contribution is 2.28. The van der Waals surface area contributed by atoms with Crippen LogP contribution in [0.4, 0.5) is 4.39 Å². The molecule has 0 fully saturated rings. The van der Waals surface area contributed by atoms with E-state index in [2.05, 4.69) is 10.1 Å². The Bertz CT molecular complexity index is 807. The molecule has 0 N–H and O–H groups in total. The van der Waals surface area contributed by atoms with Gasteiger partial charge in [0.1, 0.15) is 11.6 Å². The summed E-state index contributed by atoms with van der Waals surface area (Å²) in [7, 11) is 1.86. The van der Waals surface area contributed by atoms with Gasteiger partial charge in [-0.2, -0.15) is 5.10 Å². The molecule has 0 amide bonds. The van der Waals surface area contributed by atoms with E-state index < -0.39 is 5.82 Å². The van der Waals surface area contributed by atoms with Crippen molar-refractivity contribution in [2.45, 2.75) is 18.8 Å². The van der Waals surface area contributed by atoms with E-state index in [1.54, 1.807) is 10.9 Å². The smallest absolute Gasteiger partial charge is 0.144 e. The Hall–Kier alpha value is -1.59. The second-order valence-corrected chi connectivity index (χ2v) is 5.94. The van der Waals surface area contributed by atoms with Crippen molar-refractivity contribution in [1.29, 1.82) is 0 Å². The molecule has 0 aliphatic carbocycles. The van der Waals surface area contributed by atoms with E-state index in [1.165, 1.54) is 12.1 Å². The zero-order chi connectivity index (χ0) is 15.1. The summed E-state index contributed by atoms with van der Waals surface area (Å²) in [5.74, 6) is 0.207. The predicted molar refractivity (Wildman–Crippen MR) is 81.3 cm³/mol. The van der Waals surface area contributed by atoms with E-state index in [1.807, 2.05) is 24.6 Å². The van der Waals surface area contributed by atoms with Crippen molar-refractivity contribution in [3.05, 3.63) is 46.8 Å². The molecule has 0 bridgehead atoms. The summed E-state index contributed by atoms with van der Waals surface area (Å²) in [6.45, 7) is 2.35. The number of aromatic nitrogens is 4. The number of halogens is 3. The number of fused-ring (bicyclic) bond motifs is 1. The highest BCUT2D eigenvalue weighted by molar-refractivity contribution is 6.31. The first-order valence-corrected chi connectivity index (χ1v) is 7.25. The van der Waals surface area contributed by atoms with Crippen molar-refractivity contribution in [3.63, 3.8) is 0 Å². The Balaban J connectivity index is 2.20. The van der Waals surface area contributed by atoms with Crippen LogP contribution in [0.2, 0.25) is 5.02 Å². The molecule has 110 valence electrons. The first kappa shape index (κ1) is 14.4. The van der Waals surface area contributed by atoms with E-state index in [0.29, 0.717) is 23.4 Å². The highest BCUT2D eigenvalue weighted by atomic mass is 35.5. The lowest BCUT2D eigenvalue weighted by Gasteiger charge is -2.11. The molecule has 1 atom stereocenters. The lowest BCUT2D eigenvalue weighted by atomic mass is 10.3. The molecule has 0 aliphatic heterocycles. The van der Waals surface area contributed by atoms with Gasteiger partial charge in [0.2, 0.25) is 0 Å². The van der Waals surface area contributed by atoms with Crippen molar-refractivity contribution in [1.82, 2.24) is 19.3 Å². The van der Waals surface area contributed by atoms with Crippen LogP contribution in [0.25, 0.3) is 11.0 Å². The van der Waals surface area contributed by atoms with Crippen LogP contribution in [0.15, 0.2) is 24.4 Å². The zero-order valence-electron chi connectivity index (χ0n) is 11.5. The number of alkyl halides is 1. The van der Waals surface area contributed by atoms with Gasteiger partial charge in [0.05, 0.1) is 33.7 Å². The lowest BCUT2D eigenvalue weighted by molar-refractivity contribution is 0.626. The van der Waals surface area contributed by atoms with Crippen molar-refractivity contribution in [3.8, 4) is 0 Å². The summed E-state index contributed by atoms with van der Waals surface area (Å²) >= 11 is 12.0. The second kappa shape index (κ2) is 5.31. The van der Waals surface area contributed by atoms with Crippen molar-refractivity contribution >= 4 is 34.2 Å². The summed E-state index contributed by atoms with van der Waals surface area (Å²) in [6.07, 6.45) is 1.72. The molecule has 21 heavy (non-hydrogen) atoms. The Morgan fingerprint density at radius 2 is 2.14 bits per heavy atom. The molecule has 3 aromatic rings. The van der Waals surface area contributed by atoms with Crippen LogP contribution in [-0.4, -0.2) is 19.3 Å². The minimum absolute atomic E-state index is 0.0569. The van der Waals surface area contributed by atoms with Gasteiger partial charge < -0.3 is 4.57 Å². The molecule has 0 spiro atoms. The van der Waals surface area contributed by atoms with Gasteiger partial charge in [-0.25, -0.2) is 9.37 Å². The maximum atomic E-state index is 13.8. The SMILES string of the molecule is CC(Cl)c1nc2cc(Cl)c(F)cc2n1Cc1ccnn1C. The maximum absolute atomic E-state index is 13.8. The van der Waals surface area contributed by atoms with Gasteiger partial charge >= 0.3 is 0 Å². The minimum atomic E-state index is -0.468. The Labute approximate surface area is 131 Å². The van der Waals surface area contributed by atoms with Gasteiger partial charge in [-0.05, 0) is 19.1 Å².